The van der Waals surface area contributed by atoms with Gasteiger partial charge in [0.2, 0.25) is 5.91 Å². The van der Waals surface area contributed by atoms with Crippen molar-refractivity contribution in [1.29, 1.82) is 0 Å². The summed E-state index contributed by atoms with van der Waals surface area (Å²) in [6.07, 6.45) is 3.34. The Hall–Kier alpha value is -1.88. The Morgan fingerprint density at radius 1 is 1.15 bits per heavy atom. The van der Waals surface area contributed by atoms with E-state index in [9.17, 15) is 4.79 Å². The van der Waals surface area contributed by atoms with Crippen molar-refractivity contribution in [3.8, 4) is 0 Å². The van der Waals surface area contributed by atoms with Gasteiger partial charge in [0.25, 0.3) is 0 Å². The molecule has 0 unspecified atom stereocenters. The molecular formula is C15H17N3OS. The fraction of sp³-hybridized carbons (Fsp3) is 0.267. The quantitative estimate of drug-likeness (QED) is 0.692. The molecule has 4 nitrogen and oxygen atoms in total. The van der Waals surface area contributed by atoms with Crippen LogP contribution in [-0.2, 0) is 4.79 Å². The number of benzene rings is 1. The lowest BCUT2D eigenvalue weighted by atomic mass is 10.1. The van der Waals surface area contributed by atoms with Gasteiger partial charge in [-0.25, -0.2) is 9.97 Å². The molecule has 1 heterocycles. The SMILES string of the molecule is Cc1ccc(NC(=O)C(C)(C)Sc2ncccn2)cc1. The van der Waals surface area contributed by atoms with E-state index in [1.165, 1.54) is 11.8 Å². The van der Waals surface area contributed by atoms with Gasteiger partial charge in [0, 0.05) is 18.1 Å². The number of nitrogens with one attached hydrogen (secondary N) is 1. The van der Waals surface area contributed by atoms with Crippen LogP contribution in [0.15, 0.2) is 47.9 Å². The van der Waals surface area contributed by atoms with Crippen LogP contribution in [0.4, 0.5) is 5.69 Å². The molecule has 1 N–H and O–H groups in total. The minimum absolute atomic E-state index is 0.0705. The van der Waals surface area contributed by atoms with Crippen LogP contribution in [0.2, 0.25) is 0 Å². The van der Waals surface area contributed by atoms with Crippen molar-refractivity contribution in [2.24, 2.45) is 0 Å². The molecule has 2 rings (SSSR count). The van der Waals surface area contributed by atoms with Gasteiger partial charge >= 0.3 is 0 Å². The highest BCUT2D eigenvalue weighted by Crippen LogP contribution is 2.30. The number of hydrogen-bond acceptors (Lipinski definition) is 4. The second kappa shape index (κ2) is 6.05. The van der Waals surface area contributed by atoms with E-state index in [0.717, 1.165) is 11.3 Å². The zero-order valence-electron chi connectivity index (χ0n) is 11.8. The molecule has 1 aromatic carbocycles. The number of amides is 1. The molecule has 0 atom stereocenters. The van der Waals surface area contributed by atoms with Crippen molar-refractivity contribution in [1.82, 2.24) is 9.97 Å². The third kappa shape index (κ3) is 3.81. The van der Waals surface area contributed by atoms with E-state index in [1.54, 1.807) is 18.5 Å². The van der Waals surface area contributed by atoms with Crippen LogP contribution in [0, 0.1) is 6.92 Å². The number of thioether (sulfide) groups is 1. The molecule has 0 fully saturated rings. The van der Waals surface area contributed by atoms with Crippen LogP contribution in [0.3, 0.4) is 0 Å². The third-order valence-electron chi connectivity index (χ3n) is 2.74. The van der Waals surface area contributed by atoms with Gasteiger partial charge in [-0.15, -0.1) is 0 Å². The molecule has 0 aliphatic heterocycles. The molecule has 0 saturated heterocycles. The summed E-state index contributed by atoms with van der Waals surface area (Å²) in [7, 11) is 0. The van der Waals surface area contributed by atoms with Crippen molar-refractivity contribution in [3.63, 3.8) is 0 Å². The molecule has 0 spiro atoms. The number of hydrogen-bond donors (Lipinski definition) is 1. The normalized spacial score (nSPS) is 11.2. The summed E-state index contributed by atoms with van der Waals surface area (Å²) in [6.45, 7) is 5.73. The third-order valence-corrected chi connectivity index (χ3v) is 3.83. The standard InChI is InChI=1S/C15H17N3OS/c1-11-5-7-12(8-6-11)18-13(19)15(2,3)20-14-16-9-4-10-17-14/h4-10H,1-3H3,(H,18,19). The lowest BCUT2D eigenvalue weighted by Crippen LogP contribution is -2.34. The average Bonchev–Trinajstić information content (AvgIpc) is 2.42. The lowest BCUT2D eigenvalue weighted by molar-refractivity contribution is -0.117. The van der Waals surface area contributed by atoms with Gasteiger partial charge in [-0.3, -0.25) is 4.79 Å². The molecule has 1 aromatic heterocycles. The van der Waals surface area contributed by atoms with E-state index in [-0.39, 0.29) is 5.91 Å². The van der Waals surface area contributed by atoms with Crippen LogP contribution < -0.4 is 5.32 Å². The highest BCUT2D eigenvalue weighted by molar-refractivity contribution is 8.01. The molecule has 1 amide bonds. The molecule has 0 aliphatic carbocycles. The smallest absolute Gasteiger partial charge is 0.240 e. The van der Waals surface area contributed by atoms with Gasteiger partial charge in [-0.2, -0.15) is 0 Å². The number of nitrogens with zero attached hydrogens (tertiary/aromatic N) is 2. The highest BCUT2D eigenvalue weighted by Gasteiger charge is 2.30. The maximum absolute atomic E-state index is 12.3. The van der Waals surface area contributed by atoms with Crippen LogP contribution in [0.5, 0.6) is 0 Å². The van der Waals surface area contributed by atoms with Gasteiger partial charge in [0.15, 0.2) is 5.16 Å². The first kappa shape index (κ1) is 14.5. The van der Waals surface area contributed by atoms with Crippen molar-refractivity contribution >= 4 is 23.4 Å². The number of carbonyl (C=O) groups is 1. The molecule has 2 aromatic rings. The summed E-state index contributed by atoms with van der Waals surface area (Å²) in [4.78, 5) is 20.6. The summed E-state index contributed by atoms with van der Waals surface area (Å²) in [5.74, 6) is -0.0705. The summed E-state index contributed by atoms with van der Waals surface area (Å²) in [6, 6.07) is 9.48. The lowest BCUT2D eigenvalue weighted by Gasteiger charge is -2.21. The van der Waals surface area contributed by atoms with Crippen molar-refractivity contribution in [2.75, 3.05) is 5.32 Å². The van der Waals surface area contributed by atoms with E-state index in [1.807, 2.05) is 45.0 Å². The van der Waals surface area contributed by atoms with Gasteiger partial charge in [-0.1, -0.05) is 29.5 Å². The van der Waals surface area contributed by atoms with E-state index in [2.05, 4.69) is 15.3 Å². The average molecular weight is 287 g/mol. The van der Waals surface area contributed by atoms with Crippen molar-refractivity contribution < 1.29 is 4.79 Å². The van der Waals surface area contributed by atoms with E-state index in [0.29, 0.717) is 5.16 Å². The monoisotopic (exact) mass is 287 g/mol. The molecule has 0 saturated carbocycles. The topological polar surface area (TPSA) is 54.9 Å². The molecule has 0 radical (unpaired) electrons. The maximum Gasteiger partial charge on any atom is 0.240 e. The number of anilines is 1. The van der Waals surface area contributed by atoms with Crippen LogP contribution in [-0.4, -0.2) is 20.6 Å². The van der Waals surface area contributed by atoms with Gasteiger partial charge in [0.1, 0.15) is 0 Å². The fourth-order valence-corrected chi connectivity index (χ4v) is 2.36. The Kier molecular flexibility index (Phi) is 4.39. The molecular weight excluding hydrogens is 270 g/mol. The van der Waals surface area contributed by atoms with E-state index >= 15 is 0 Å². The second-order valence-corrected chi connectivity index (χ2v) is 6.55. The Morgan fingerprint density at radius 2 is 1.75 bits per heavy atom. The van der Waals surface area contributed by atoms with Crippen molar-refractivity contribution in [2.45, 2.75) is 30.7 Å². The predicted molar refractivity (Wildman–Crippen MR) is 81.8 cm³/mol. The van der Waals surface area contributed by atoms with Gasteiger partial charge < -0.3 is 5.32 Å². The Labute approximate surface area is 123 Å². The first-order valence-electron chi connectivity index (χ1n) is 6.31. The first-order chi connectivity index (χ1) is 9.47. The predicted octanol–water partition coefficient (Wildman–Crippen LogP) is 3.29. The van der Waals surface area contributed by atoms with E-state index in [4.69, 9.17) is 0 Å². The van der Waals surface area contributed by atoms with E-state index < -0.39 is 4.75 Å². The van der Waals surface area contributed by atoms with Crippen molar-refractivity contribution in [3.05, 3.63) is 48.3 Å². The summed E-state index contributed by atoms with van der Waals surface area (Å²) in [5, 5.41) is 3.51. The molecule has 5 heteroatoms. The van der Waals surface area contributed by atoms with Gasteiger partial charge in [0.05, 0.1) is 4.75 Å². The zero-order chi connectivity index (χ0) is 14.6. The molecule has 0 bridgehead atoms. The summed E-state index contributed by atoms with van der Waals surface area (Å²) < 4.78 is -0.647. The van der Waals surface area contributed by atoms with Crippen LogP contribution >= 0.6 is 11.8 Å². The molecule has 104 valence electrons. The van der Waals surface area contributed by atoms with Crippen LogP contribution in [0.1, 0.15) is 19.4 Å². The fourth-order valence-electron chi connectivity index (χ4n) is 1.53. The Balaban J connectivity index is 2.05. The Bertz CT molecular complexity index is 582. The highest BCUT2D eigenvalue weighted by atomic mass is 32.2. The number of aromatic nitrogens is 2. The number of aryl methyl sites for hydroxylation is 1. The van der Waals surface area contributed by atoms with Crippen LogP contribution in [0.25, 0.3) is 0 Å². The summed E-state index contributed by atoms with van der Waals surface area (Å²) in [5.41, 5.74) is 1.96. The number of carbonyl (C=O) groups excluding carboxylic acids is 1. The first-order valence-corrected chi connectivity index (χ1v) is 7.13. The minimum Gasteiger partial charge on any atom is -0.325 e. The second-order valence-electron chi connectivity index (χ2n) is 4.96. The van der Waals surface area contributed by atoms with Gasteiger partial charge in [-0.05, 0) is 39.0 Å². The number of rotatable bonds is 4. The Morgan fingerprint density at radius 3 is 2.35 bits per heavy atom. The minimum atomic E-state index is -0.647. The molecule has 20 heavy (non-hydrogen) atoms. The zero-order valence-corrected chi connectivity index (χ0v) is 12.6. The summed E-state index contributed by atoms with van der Waals surface area (Å²) >= 11 is 1.34. The molecule has 0 aliphatic rings. The maximum atomic E-state index is 12.3. The largest absolute Gasteiger partial charge is 0.325 e.